The molecule has 3 rings (SSSR count). The lowest BCUT2D eigenvalue weighted by molar-refractivity contribution is 0.0704. The number of rotatable bonds is 9. The van der Waals surface area contributed by atoms with E-state index in [4.69, 9.17) is 18.7 Å². The standard InChI is InChI=1S/C23H27N3O5/c1-15(2)26(23(27)16-9-7-6-8-10-16)12-11-20-24-22(25-31-20)17-13-18(28-3)21(30-5)19(14-17)29-4/h6-10,13-15H,11-12H2,1-5H3. The van der Waals surface area contributed by atoms with Crippen molar-refractivity contribution in [2.45, 2.75) is 26.3 Å². The first kappa shape index (κ1) is 22.1. The van der Waals surface area contributed by atoms with Crippen LogP contribution in [-0.4, -0.2) is 54.9 Å². The number of hydrogen-bond acceptors (Lipinski definition) is 7. The van der Waals surface area contributed by atoms with E-state index >= 15 is 0 Å². The summed E-state index contributed by atoms with van der Waals surface area (Å²) in [6.45, 7) is 4.42. The van der Waals surface area contributed by atoms with Crippen molar-refractivity contribution in [3.63, 3.8) is 0 Å². The molecule has 0 atom stereocenters. The molecule has 1 heterocycles. The van der Waals surface area contributed by atoms with Gasteiger partial charge in [-0.2, -0.15) is 4.98 Å². The van der Waals surface area contributed by atoms with E-state index in [0.29, 0.717) is 53.1 Å². The summed E-state index contributed by atoms with van der Waals surface area (Å²) in [5, 5.41) is 4.08. The van der Waals surface area contributed by atoms with Gasteiger partial charge in [-0.05, 0) is 38.1 Å². The lowest BCUT2D eigenvalue weighted by Crippen LogP contribution is -2.38. The maximum absolute atomic E-state index is 12.9. The minimum absolute atomic E-state index is 0.0278. The Morgan fingerprint density at radius 1 is 1.03 bits per heavy atom. The summed E-state index contributed by atoms with van der Waals surface area (Å²) in [5.41, 5.74) is 1.32. The molecule has 0 fully saturated rings. The van der Waals surface area contributed by atoms with Crippen molar-refractivity contribution < 1.29 is 23.5 Å². The summed E-state index contributed by atoms with van der Waals surface area (Å²) in [4.78, 5) is 19.1. The number of hydrogen-bond donors (Lipinski definition) is 0. The Morgan fingerprint density at radius 3 is 2.23 bits per heavy atom. The van der Waals surface area contributed by atoms with E-state index in [9.17, 15) is 4.79 Å². The van der Waals surface area contributed by atoms with Crippen LogP contribution in [0.4, 0.5) is 0 Å². The summed E-state index contributed by atoms with van der Waals surface area (Å²) in [7, 11) is 4.64. The molecule has 3 aromatic rings. The average molecular weight is 425 g/mol. The van der Waals surface area contributed by atoms with E-state index in [0.717, 1.165) is 0 Å². The molecule has 8 heteroatoms. The highest BCUT2D eigenvalue weighted by Gasteiger charge is 2.21. The molecule has 1 aromatic heterocycles. The van der Waals surface area contributed by atoms with Crippen LogP contribution >= 0.6 is 0 Å². The van der Waals surface area contributed by atoms with Crippen LogP contribution in [0.25, 0.3) is 11.4 Å². The summed E-state index contributed by atoms with van der Waals surface area (Å²) in [5.74, 6) is 2.31. The Hall–Kier alpha value is -3.55. The second-order valence-corrected chi connectivity index (χ2v) is 7.13. The van der Waals surface area contributed by atoms with Gasteiger partial charge in [0.15, 0.2) is 11.5 Å². The monoisotopic (exact) mass is 425 g/mol. The second kappa shape index (κ2) is 9.97. The quantitative estimate of drug-likeness (QED) is 0.514. The average Bonchev–Trinajstić information content (AvgIpc) is 3.27. The lowest BCUT2D eigenvalue weighted by Gasteiger charge is -2.26. The molecule has 0 aliphatic heterocycles. The van der Waals surface area contributed by atoms with Gasteiger partial charge >= 0.3 is 0 Å². The van der Waals surface area contributed by atoms with Gasteiger partial charge in [0, 0.05) is 30.1 Å². The van der Waals surface area contributed by atoms with Gasteiger partial charge in [-0.15, -0.1) is 0 Å². The molecule has 0 N–H and O–H groups in total. The molecule has 0 radical (unpaired) electrons. The highest BCUT2D eigenvalue weighted by molar-refractivity contribution is 5.94. The molecule has 0 aliphatic carbocycles. The third-order valence-corrected chi connectivity index (χ3v) is 4.86. The summed E-state index contributed by atoms with van der Waals surface area (Å²) in [6.07, 6.45) is 0.439. The number of amides is 1. The number of carbonyl (C=O) groups excluding carboxylic acids is 1. The highest BCUT2D eigenvalue weighted by Crippen LogP contribution is 2.40. The molecular formula is C23H27N3O5. The number of nitrogens with zero attached hydrogens (tertiary/aromatic N) is 3. The zero-order valence-electron chi connectivity index (χ0n) is 18.4. The third-order valence-electron chi connectivity index (χ3n) is 4.86. The maximum atomic E-state index is 12.9. The van der Waals surface area contributed by atoms with E-state index in [2.05, 4.69) is 10.1 Å². The largest absolute Gasteiger partial charge is 0.493 e. The topological polar surface area (TPSA) is 86.9 Å². The molecule has 0 saturated carbocycles. The Bertz CT molecular complexity index is 992. The molecule has 0 unspecified atom stereocenters. The smallest absolute Gasteiger partial charge is 0.254 e. The lowest BCUT2D eigenvalue weighted by atomic mass is 10.1. The van der Waals surface area contributed by atoms with Gasteiger partial charge in [-0.25, -0.2) is 0 Å². The number of aromatic nitrogens is 2. The molecule has 0 aliphatic rings. The first-order valence-corrected chi connectivity index (χ1v) is 9.97. The molecule has 1 amide bonds. The zero-order chi connectivity index (χ0) is 22.4. The Labute approximate surface area is 181 Å². The normalized spacial score (nSPS) is 10.8. The Kier molecular flexibility index (Phi) is 7.12. The number of benzene rings is 2. The number of methoxy groups -OCH3 is 3. The van der Waals surface area contributed by atoms with Crippen molar-refractivity contribution in [1.82, 2.24) is 15.0 Å². The van der Waals surface area contributed by atoms with E-state index < -0.39 is 0 Å². The van der Waals surface area contributed by atoms with Gasteiger partial charge in [0.05, 0.1) is 21.3 Å². The van der Waals surface area contributed by atoms with E-state index in [1.165, 1.54) is 0 Å². The zero-order valence-corrected chi connectivity index (χ0v) is 18.4. The number of carbonyl (C=O) groups is 1. The molecule has 0 spiro atoms. The fourth-order valence-corrected chi connectivity index (χ4v) is 3.24. The number of ether oxygens (including phenoxy) is 3. The predicted octanol–water partition coefficient (Wildman–Crippen LogP) is 3.86. The van der Waals surface area contributed by atoms with Crippen LogP contribution in [0.15, 0.2) is 47.0 Å². The van der Waals surface area contributed by atoms with E-state index in [-0.39, 0.29) is 11.9 Å². The first-order valence-electron chi connectivity index (χ1n) is 9.97. The van der Waals surface area contributed by atoms with Crippen molar-refractivity contribution in [3.8, 4) is 28.6 Å². The van der Waals surface area contributed by atoms with Crippen LogP contribution in [-0.2, 0) is 6.42 Å². The van der Waals surface area contributed by atoms with Crippen molar-refractivity contribution in [2.75, 3.05) is 27.9 Å². The molecule has 0 saturated heterocycles. The summed E-state index contributed by atoms with van der Waals surface area (Å²) >= 11 is 0. The van der Waals surface area contributed by atoms with Crippen molar-refractivity contribution in [3.05, 3.63) is 53.9 Å². The second-order valence-electron chi connectivity index (χ2n) is 7.13. The van der Waals surface area contributed by atoms with Gasteiger partial charge in [-0.1, -0.05) is 23.4 Å². The SMILES string of the molecule is COc1cc(-c2noc(CCN(C(=O)c3ccccc3)C(C)C)n2)cc(OC)c1OC. The third kappa shape index (κ3) is 4.96. The molecular weight excluding hydrogens is 398 g/mol. The van der Waals surface area contributed by atoms with E-state index in [1.54, 1.807) is 38.4 Å². The molecule has 2 aromatic carbocycles. The minimum atomic E-state index is -0.0278. The predicted molar refractivity (Wildman–Crippen MR) is 116 cm³/mol. The fourth-order valence-electron chi connectivity index (χ4n) is 3.24. The van der Waals surface area contributed by atoms with Gasteiger partial charge < -0.3 is 23.6 Å². The van der Waals surface area contributed by atoms with Crippen LogP contribution in [0.3, 0.4) is 0 Å². The summed E-state index contributed by atoms with van der Waals surface area (Å²) < 4.78 is 21.5. The van der Waals surface area contributed by atoms with Crippen LogP contribution in [0, 0.1) is 0 Å². The van der Waals surface area contributed by atoms with Crippen LogP contribution in [0.1, 0.15) is 30.1 Å². The van der Waals surface area contributed by atoms with Gasteiger partial charge in [0.25, 0.3) is 5.91 Å². The van der Waals surface area contributed by atoms with Gasteiger partial charge in [-0.3, -0.25) is 4.79 Å². The Morgan fingerprint density at radius 2 is 1.68 bits per heavy atom. The minimum Gasteiger partial charge on any atom is -0.493 e. The van der Waals surface area contributed by atoms with Gasteiger partial charge in [0.1, 0.15) is 0 Å². The maximum Gasteiger partial charge on any atom is 0.254 e. The van der Waals surface area contributed by atoms with Crippen molar-refractivity contribution in [2.24, 2.45) is 0 Å². The molecule has 164 valence electrons. The van der Waals surface area contributed by atoms with Crippen LogP contribution < -0.4 is 14.2 Å². The molecule has 0 bridgehead atoms. The molecule has 8 nitrogen and oxygen atoms in total. The Balaban J connectivity index is 1.77. The van der Waals surface area contributed by atoms with Crippen LogP contribution in [0.5, 0.6) is 17.2 Å². The van der Waals surface area contributed by atoms with Crippen molar-refractivity contribution >= 4 is 5.91 Å². The highest BCUT2D eigenvalue weighted by atomic mass is 16.5. The van der Waals surface area contributed by atoms with Gasteiger partial charge in [0.2, 0.25) is 17.5 Å². The summed E-state index contributed by atoms with van der Waals surface area (Å²) in [6, 6.07) is 12.8. The van der Waals surface area contributed by atoms with Crippen LogP contribution in [0.2, 0.25) is 0 Å². The molecule has 31 heavy (non-hydrogen) atoms. The van der Waals surface area contributed by atoms with E-state index in [1.807, 2.05) is 44.2 Å². The fraction of sp³-hybridized carbons (Fsp3) is 0.348. The van der Waals surface area contributed by atoms with Crippen molar-refractivity contribution in [1.29, 1.82) is 0 Å². The first-order chi connectivity index (χ1) is 15.0.